The van der Waals surface area contributed by atoms with E-state index < -0.39 is 0 Å². The molecule has 0 aromatic heterocycles. The van der Waals surface area contributed by atoms with Crippen LogP contribution in [0.15, 0.2) is 24.8 Å². The van der Waals surface area contributed by atoms with Crippen molar-refractivity contribution >= 4 is 5.57 Å². The average molecular weight is 259 g/mol. The van der Waals surface area contributed by atoms with Crippen LogP contribution in [0.25, 0.3) is 5.57 Å². The number of methoxy groups -OCH3 is 1. The van der Waals surface area contributed by atoms with Crippen LogP contribution in [0.3, 0.4) is 0 Å². The molecule has 1 saturated heterocycles. The zero-order valence-electron chi connectivity index (χ0n) is 12.4. The molecule has 0 amide bonds. The molecule has 2 heteroatoms. The Bertz CT molecular complexity index is 445. The van der Waals surface area contributed by atoms with Crippen molar-refractivity contribution in [3.8, 4) is 5.75 Å². The fraction of sp³-hybridized carbons (Fsp3) is 0.529. The van der Waals surface area contributed by atoms with E-state index in [9.17, 15) is 0 Å². The molecule has 0 atom stereocenters. The van der Waals surface area contributed by atoms with Crippen molar-refractivity contribution in [2.45, 2.75) is 26.2 Å². The lowest BCUT2D eigenvalue weighted by Crippen LogP contribution is -2.30. The molecule has 19 heavy (non-hydrogen) atoms. The molecular formula is C17H25NO. The Kier molecular flexibility index (Phi) is 4.65. The number of hydrogen-bond donors (Lipinski definition) is 0. The van der Waals surface area contributed by atoms with Crippen LogP contribution in [0.4, 0.5) is 0 Å². The van der Waals surface area contributed by atoms with Crippen LogP contribution in [0.5, 0.6) is 5.75 Å². The summed E-state index contributed by atoms with van der Waals surface area (Å²) in [7, 11) is 3.92. The highest BCUT2D eigenvalue weighted by atomic mass is 16.5. The van der Waals surface area contributed by atoms with Crippen LogP contribution < -0.4 is 4.74 Å². The minimum absolute atomic E-state index is 0.797. The molecule has 0 N–H and O–H groups in total. The minimum Gasteiger partial charge on any atom is -0.496 e. The number of ether oxygens (including phenoxy) is 1. The van der Waals surface area contributed by atoms with Gasteiger partial charge in [0.05, 0.1) is 7.11 Å². The predicted molar refractivity (Wildman–Crippen MR) is 81.6 cm³/mol. The van der Waals surface area contributed by atoms with E-state index >= 15 is 0 Å². The fourth-order valence-corrected chi connectivity index (χ4v) is 2.83. The predicted octanol–water partition coefficient (Wildman–Crippen LogP) is 3.75. The first-order valence-corrected chi connectivity index (χ1v) is 7.11. The topological polar surface area (TPSA) is 12.5 Å². The Morgan fingerprint density at radius 1 is 1.37 bits per heavy atom. The van der Waals surface area contributed by atoms with Gasteiger partial charge in [0, 0.05) is 0 Å². The second kappa shape index (κ2) is 6.25. The molecule has 1 aliphatic heterocycles. The second-order valence-electron chi connectivity index (χ2n) is 5.74. The van der Waals surface area contributed by atoms with Crippen molar-refractivity contribution in [1.29, 1.82) is 0 Å². The number of aryl methyl sites for hydroxylation is 1. The van der Waals surface area contributed by atoms with Gasteiger partial charge in [-0.3, -0.25) is 0 Å². The fourth-order valence-electron chi connectivity index (χ4n) is 2.83. The van der Waals surface area contributed by atoms with Gasteiger partial charge in [-0.25, -0.2) is 0 Å². The van der Waals surface area contributed by atoms with Gasteiger partial charge in [0.1, 0.15) is 5.75 Å². The molecule has 1 heterocycles. The Hall–Kier alpha value is -1.28. The Morgan fingerprint density at radius 3 is 2.63 bits per heavy atom. The molecule has 2 nitrogen and oxygen atoms in total. The quantitative estimate of drug-likeness (QED) is 0.816. The largest absolute Gasteiger partial charge is 0.496 e. The molecule has 104 valence electrons. The van der Waals surface area contributed by atoms with Crippen molar-refractivity contribution in [2.75, 3.05) is 27.2 Å². The van der Waals surface area contributed by atoms with Crippen LogP contribution in [0.1, 0.15) is 30.4 Å². The summed E-state index contributed by atoms with van der Waals surface area (Å²) in [6.07, 6.45) is 3.72. The van der Waals surface area contributed by atoms with Crippen LogP contribution in [-0.2, 0) is 0 Å². The number of piperidine rings is 1. The zero-order valence-corrected chi connectivity index (χ0v) is 12.4. The summed E-state index contributed by atoms with van der Waals surface area (Å²) in [6, 6.07) is 6.36. The van der Waals surface area contributed by atoms with Crippen molar-refractivity contribution in [3.05, 3.63) is 35.9 Å². The van der Waals surface area contributed by atoms with Crippen LogP contribution in [0, 0.1) is 12.8 Å². The van der Waals surface area contributed by atoms with Gasteiger partial charge < -0.3 is 9.64 Å². The summed E-state index contributed by atoms with van der Waals surface area (Å²) in [5, 5.41) is 0. The first kappa shape index (κ1) is 14.1. The lowest BCUT2D eigenvalue weighted by atomic mass is 9.88. The van der Waals surface area contributed by atoms with Gasteiger partial charge in [0.2, 0.25) is 0 Å². The molecule has 1 aliphatic rings. The summed E-state index contributed by atoms with van der Waals surface area (Å²) in [6.45, 7) is 8.81. The number of benzene rings is 1. The SMILES string of the molecule is C=C(CC1CCN(C)CC1)c1ccc(OC)c(C)c1. The van der Waals surface area contributed by atoms with Gasteiger partial charge in [-0.2, -0.15) is 0 Å². The zero-order chi connectivity index (χ0) is 13.8. The van der Waals surface area contributed by atoms with E-state index in [1.807, 2.05) is 6.07 Å². The summed E-state index contributed by atoms with van der Waals surface area (Å²) in [5.74, 6) is 1.75. The first-order chi connectivity index (χ1) is 9.10. The maximum atomic E-state index is 5.31. The van der Waals surface area contributed by atoms with Gasteiger partial charge in [0.15, 0.2) is 0 Å². The van der Waals surface area contributed by atoms with E-state index in [1.165, 1.54) is 42.6 Å². The highest BCUT2D eigenvalue weighted by molar-refractivity contribution is 5.65. The highest BCUT2D eigenvalue weighted by Gasteiger charge is 2.17. The van der Waals surface area contributed by atoms with Crippen molar-refractivity contribution < 1.29 is 4.74 Å². The lowest BCUT2D eigenvalue weighted by Gasteiger charge is -2.29. The van der Waals surface area contributed by atoms with E-state index in [4.69, 9.17) is 4.74 Å². The van der Waals surface area contributed by atoms with Gasteiger partial charge in [-0.05, 0) is 81.1 Å². The Balaban J connectivity index is 1.98. The standard InChI is InChI=1S/C17H25NO/c1-13(11-15-7-9-18(3)10-8-15)16-5-6-17(19-4)14(2)12-16/h5-6,12,15H,1,7-11H2,2-4H3. The Morgan fingerprint density at radius 2 is 2.05 bits per heavy atom. The number of rotatable bonds is 4. The molecule has 0 saturated carbocycles. The van der Waals surface area contributed by atoms with Crippen LogP contribution in [0.2, 0.25) is 0 Å². The number of nitrogens with zero attached hydrogens (tertiary/aromatic N) is 1. The van der Waals surface area contributed by atoms with Gasteiger partial charge in [-0.1, -0.05) is 12.6 Å². The lowest BCUT2D eigenvalue weighted by molar-refractivity contribution is 0.222. The van der Waals surface area contributed by atoms with Crippen LogP contribution in [-0.4, -0.2) is 32.1 Å². The van der Waals surface area contributed by atoms with Crippen molar-refractivity contribution in [3.63, 3.8) is 0 Å². The van der Waals surface area contributed by atoms with Crippen LogP contribution >= 0.6 is 0 Å². The number of allylic oxidation sites excluding steroid dienone is 1. The van der Waals surface area contributed by atoms with Gasteiger partial charge in [0.25, 0.3) is 0 Å². The minimum atomic E-state index is 0.797. The smallest absolute Gasteiger partial charge is 0.121 e. The average Bonchev–Trinajstić information content (AvgIpc) is 2.41. The molecular weight excluding hydrogens is 234 g/mol. The van der Waals surface area contributed by atoms with E-state index in [0.717, 1.165) is 18.1 Å². The summed E-state index contributed by atoms with van der Waals surface area (Å²) >= 11 is 0. The molecule has 0 spiro atoms. The summed E-state index contributed by atoms with van der Waals surface area (Å²) in [5.41, 5.74) is 3.71. The summed E-state index contributed by atoms with van der Waals surface area (Å²) < 4.78 is 5.31. The van der Waals surface area contributed by atoms with E-state index in [0.29, 0.717) is 0 Å². The van der Waals surface area contributed by atoms with E-state index in [1.54, 1.807) is 7.11 Å². The van der Waals surface area contributed by atoms with Gasteiger partial charge in [-0.15, -0.1) is 0 Å². The summed E-state index contributed by atoms with van der Waals surface area (Å²) in [4.78, 5) is 2.41. The normalized spacial score (nSPS) is 17.4. The monoisotopic (exact) mass is 259 g/mol. The molecule has 1 fully saturated rings. The maximum absolute atomic E-state index is 5.31. The Labute approximate surface area is 117 Å². The molecule has 0 radical (unpaired) electrons. The molecule has 0 bridgehead atoms. The molecule has 0 unspecified atom stereocenters. The van der Waals surface area contributed by atoms with Crippen molar-refractivity contribution in [2.24, 2.45) is 5.92 Å². The third-order valence-electron chi connectivity index (χ3n) is 4.18. The van der Waals surface area contributed by atoms with E-state index in [-0.39, 0.29) is 0 Å². The van der Waals surface area contributed by atoms with Gasteiger partial charge >= 0.3 is 0 Å². The van der Waals surface area contributed by atoms with Crippen molar-refractivity contribution in [1.82, 2.24) is 4.90 Å². The molecule has 2 rings (SSSR count). The molecule has 0 aliphatic carbocycles. The molecule has 1 aromatic rings. The third-order valence-corrected chi connectivity index (χ3v) is 4.18. The molecule has 1 aromatic carbocycles. The first-order valence-electron chi connectivity index (χ1n) is 7.11. The van der Waals surface area contributed by atoms with E-state index in [2.05, 4.69) is 37.6 Å². The second-order valence-corrected chi connectivity index (χ2v) is 5.74. The third kappa shape index (κ3) is 3.60. The number of likely N-dealkylation sites (tertiary alicyclic amines) is 1. The maximum Gasteiger partial charge on any atom is 0.121 e. The highest BCUT2D eigenvalue weighted by Crippen LogP contribution is 2.29. The number of hydrogen-bond acceptors (Lipinski definition) is 2.